The van der Waals surface area contributed by atoms with Crippen molar-refractivity contribution in [3.63, 3.8) is 0 Å². The fourth-order valence-corrected chi connectivity index (χ4v) is 1.28. The van der Waals surface area contributed by atoms with Crippen molar-refractivity contribution in [2.45, 2.75) is 4.90 Å². The third-order valence-electron chi connectivity index (χ3n) is 1.32. The van der Waals surface area contributed by atoms with Gasteiger partial charge in [-0.1, -0.05) is 6.07 Å². The molecule has 0 spiro atoms. The van der Waals surface area contributed by atoms with Crippen LogP contribution in [0.3, 0.4) is 0 Å². The van der Waals surface area contributed by atoms with Crippen LogP contribution in [0.5, 0.6) is 0 Å². The van der Waals surface area contributed by atoms with Gasteiger partial charge in [0.05, 0.1) is 0 Å². The molecular formula is C8H9NO2S. The lowest BCUT2D eigenvalue weighted by Gasteiger charge is -2.01. The molecule has 0 radical (unpaired) electrons. The van der Waals surface area contributed by atoms with Gasteiger partial charge in [0.2, 0.25) is 0 Å². The highest BCUT2D eigenvalue weighted by Gasteiger charge is 1.97. The monoisotopic (exact) mass is 183 g/mol. The van der Waals surface area contributed by atoms with Crippen molar-refractivity contribution in [2.24, 2.45) is 0 Å². The fourth-order valence-electron chi connectivity index (χ4n) is 0.824. The van der Waals surface area contributed by atoms with Crippen molar-refractivity contribution in [1.82, 2.24) is 0 Å². The standard InChI is InChI=1S/C8H9NO2S/c1-12-7-4-2-3-6(5-7)9-8(10)11/h2-5,9H,1H3,(H,10,11). The molecule has 1 amide bonds. The Morgan fingerprint density at radius 1 is 1.58 bits per heavy atom. The van der Waals surface area contributed by atoms with E-state index in [-0.39, 0.29) is 0 Å². The van der Waals surface area contributed by atoms with Crippen molar-refractivity contribution in [3.05, 3.63) is 24.3 Å². The van der Waals surface area contributed by atoms with Gasteiger partial charge in [0.15, 0.2) is 0 Å². The minimum absolute atomic E-state index is 0.606. The van der Waals surface area contributed by atoms with Gasteiger partial charge in [0.25, 0.3) is 0 Å². The van der Waals surface area contributed by atoms with Gasteiger partial charge >= 0.3 is 6.09 Å². The number of carbonyl (C=O) groups is 1. The van der Waals surface area contributed by atoms with Crippen molar-refractivity contribution in [1.29, 1.82) is 0 Å². The molecule has 0 saturated carbocycles. The predicted octanol–water partition coefficient (Wildman–Crippen LogP) is 2.50. The van der Waals surface area contributed by atoms with E-state index >= 15 is 0 Å². The number of amides is 1. The Balaban J connectivity index is 2.79. The molecule has 0 aromatic heterocycles. The molecule has 0 atom stereocenters. The molecule has 0 aliphatic heterocycles. The Hall–Kier alpha value is -1.16. The van der Waals surface area contributed by atoms with Gasteiger partial charge in [0.1, 0.15) is 0 Å². The first-order chi connectivity index (χ1) is 5.72. The van der Waals surface area contributed by atoms with Crippen LogP contribution in [-0.2, 0) is 0 Å². The summed E-state index contributed by atoms with van der Waals surface area (Å²) in [5.41, 5.74) is 0.606. The van der Waals surface area contributed by atoms with E-state index < -0.39 is 6.09 Å². The lowest BCUT2D eigenvalue weighted by molar-refractivity contribution is 0.209. The molecule has 0 aliphatic carbocycles. The van der Waals surface area contributed by atoms with E-state index in [1.165, 1.54) is 0 Å². The Kier molecular flexibility index (Phi) is 2.99. The number of nitrogens with one attached hydrogen (secondary N) is 1. The first kappa shape index (κ1) is 8.93. The zero-order valence-electron chi connectivity index (χ0n) is 6.57. The van der Waals surface area contributed by atoms with E-state index in [2.05, 4.69) is 5.32 Å². The molecule has 3 nitrogen and oxygen atoms in total. The molecule has 0 bridgehead atoms. The summed E-state index contributed by atoms with van der Waals surface area (Å²) in [5.74, 6) is 0. The summed E-state index contributed by atoms with van der Waals surface area (Å²) in [6, 6.07) is 7.25. The summed E-state index contributed by atoms with van der Waals surface area (Å²) in [6.07, 6.45) is 0.910. The Labute approximate surface area is 74.8 Å². The SMILES string of the molecule is CSc1cccc(NC(=O)O)c1. The van der Waals surface area contributed by atoms with Gasteiger partial charge in [-0.05, 0) is 24.5 Å². The van der Waals surface area contributed by atoms with Crippen LogP contribution >= 0.6 is 11.8 Å². The molecule has 0 unspecified atom stereocenters. The van der Waals surface area contributed by atoms with Crippen molar-refractivity contribution >= 4 is 23.5 Å². The first-order valence-corrected chi connectivity index (χ1v) is 4.59. The number of rotatable bonds is 2. The highest BCUT2D eigenvalue weighted by molar-refractivity contribution is 7.98. The molecule has 1 aromatic carbocycles. The number of anilines is 1. The second-order valence-electron chi connectivity index (χ2n) is 2.16. The van der Waals surface area contributed by atoms with Gasteiger partial charge in [-0.15, -0.1) is 11.8 Å². The molecule has 1 rings (SSSR count). The zero-order valence-corrected chi connectivity index (χ0v) is 7.39. The lowest BCUT2D eigenvalue weighted by atomic mass is 10.3. The van der Waals surface area contributed by atoms with Gasteiger partial charge < -0.3 is 5.11 Å². The second-order valence-corrected chi connectivity index (χ2v) is 3.04. The number of hydrogen-bond donors (Lipinski definition) is 2. The van der Waals surface area contributed by atoms with E-state index in [1.54, 1.807) is 23.9 Å². The summed E-state index contributed by atoms with van der Waals surface area (Å²) in [6.45, 7) is 0. The van der Waals surface area contributed by atoms with Crippen LogP contribution in [0.4, 0.5) is 10.5 Å². The number of thioether (sulfide) groups is 1. The van der Waals surface area contributed by atoms with Crippen LogP contribution in [0, 0.1) is 0 Å². The van der Waals surface area contributed by atoms with Crippen LogP contribution in [0.25, 0.3) is 0 Å². The number of benzene rings is 1. The van der Waals surface area contributed by atoms with E-state index in [4.69, 9.17) is 5.11 Å². The molecule has 12 heavy (non-hydrogen) atoms. The zero-order chi connectivity index (χ0) is 8.97. The summed E-state index contributed by atoms with van der Waals surface area (Å²) >= 11 is 1.58. The molecule has 1 aromatic rings. The Morgan fingerprint density at radius 3 is 2.92 bits per heavy atom. The Morgan fingerprint density at radius 2 is 2.33 bits per heavy atom. The maximum absolute atomic E-state index is 10.3. The molecule has 0 heterocycles. The average molecular weight is 183 g/mol. The number of carboxylic acid groups (broad SMARTS) is 1. The second kappa shape index (κ2) is 4.01. The predicted molar refractivity (Wildman–Crippen MR) is 49.9 cm³/mol. The first-order valence-electron chi connectivity index (χ1n) is 3.36. The highest BCUT2D eigenvalue weighted by atomic mass is 32.2. The van der Waals surface area contributed by atoms with Crippen LogP contribution in [0.15, 0.2) is 29.2 Å². The molecular weight excluding hydrogens is 174 g/mol. The summed E-state index contributed by atoms with van der Waals surface area (Å²) < 4.78 is 0. The van der Waals surface area contributed by atoms with Gasteiger partial charge in [-0.3, -0.25) is 5.32 Å². The highest BCUT2D eigenvalue weighted by Crippen LogP contribution is 2.18. The molecule has 4 heteroatoms. The van der Waals surface area contributed by atoms with Crippen LogP contribution < -0.4 is 5.32 Å². The minimum atomic E-state index is -1.03. The largest absolute Gasteiger partial charge is 0.465 e. The molecule has 0 fully saturated rings. The van der Waals surface area contributed by atoms with E-state index in [1.807, 2.05) is 18.4 Å². The fraction of sp³-hybridized carbons (Fsp3) is 0.125. The third kappa shape index (κ3) is 2.47. The smallest absolute Gasteiger partial charge is 0.409 e. The minimum Gasteiger partial charge on any atom is -0.465 e. The van der Waals surface area contributed by atoms with Crippen molar-refractivity contribution in [2.75, 3.05) is 11.6 Å². The third-order valence-corrected chi connectivity index (χ3v) is 2.05. The van der Waals surface area contributed by atoms with Gasteiger partial charge in [-0.2, -0.15) is 0 Å². The molecule has 64 valence electrons. The molecule has 2 N–H and O–H groups in total. The van der Waals surface area contributed by atoms with Crippen LogP contribution in [0.1, 0.15) is 0 Å². The maximum Gasteiger partial charge on any atom is 0.409 e. The van der Waals surface area contributed by atoms with Gasteiger partial charge in [0, 0.05) is 10.6 Å². The lowest BCUT2D eigenvalue weighted by Crippen LogP contribution is -2.06. The topological polar surface area (TPSA) is 49.3 Å². The van der Waals surface area contributed by atoms with E-state index in [0.29, 0.717) is 5.69 Å². The van der Waals surface area contributed by atoms with Gasteiger partial charge in [-0.25, -0.2) is 4.79 Å². The number of hydrogen-bond acceptors (Lipinski definition) is 2. The molecule has 0 saturated heterocycles. The van der Waals surface area contributed by atoms with E-state index in [0.717, 1.165) is 4.90 Å². The molecule has 0 aliphatic rings. The Bertz CT molecular complexity index is 288. The summed E-state index contributed by atoms with van der Waals surface area (Å²) in [7, 11) is 0. The summed E-state index contributed by atoms with van der Waals surface area (Å²) in [5, 5.41) is 10.7. The summed E-state index contributed by atoms with van der Waals surface area (Å²) in [4.78, 5) is 11.3. The van der Waals surface area contributed by atoms with Crippen LogP contribution in [0.2, 0.25) is 0 Å². The van der Waals surface area contributed by atoms with Crippen molar-refractivity contribution < 1.29 is 9.90 Å². The average Bonchev–Trinajstić information content (AvgIpc) is 2.03. The normalized spacial score (nSPS) is 9.42. The van der Waals surface area contributed by atoms with E-state index in [9.17, 15) is 4.79 Å². The van der Waals surface area contributed by atoms with Crippen molar-refractivity contribution in [3.8, 4) is 0 Å². The van der Waals surface area contributed by atoms with Crippen LogP contribution in [-0.4, -0.2) is 17.5 Å². The maximum atomic E-state index is 10.3. The quantitative estimate of drug-likeness (QED) is 0.692.